The molecule has 0 aliphatic heterocycles. The monoisotopic (exact) mass is 248 g/mol. The SMILES string of the molecule is Cc1cc(Br)cnc1NCCCl. The maximum atomic E-state index is 5.54. The van der Waals surface area contributed by atoms with Gasteiger partial charge < -0.3 is 5.32 Å². The van der Waals surface area contributed by atoms with Crippen LogP contribution in [0.4, 0.5) is 5.82 Å². The maximum absolute atomic E-state index is 5.54. The summed E-state index contributed by atoms with van der Waals surface area (Å²) in [7, 11) is 0. The fourth-order valence-corrected chi connectivity index (χ4v) is 1.43. The van der Waals surface area contributed by atoms with E-state index in [1.165, 1.54) is 0 Å². The summed E-state index contributed by atoms with van der Waals surface area (Å²) in [5, 5.41) is 3.13. The van der Waals surface area contributed by atoms with E-state index < -0.39 is 0 Å². The second-order valence-corrected chi connectivity index (χ2v) is 3.73. The van der Waals surface area contributed by atoms with E-state index in [0.717, 1.165) is 22.4 Å². The molecule has 12 heavy (non-hydrogen) atoms. The lowest BCUT2D eigenvalue weighted by molar-refractivity contribution is 1.14. The molecule has 1 heterocycles. The van der Waals surface area contributed by atoms with Crippen LogP contribution in [0.1, 0.15) is 5.56 Å². The molecule has 0 bridgehead atoms. The number of nitrogens with zero attached hydrogens (tertiary/aromatic N) is 1. The molecule has 0 aliphatic carbocycles. The van der Waals surface area contributed by atoms with Gasteiger partial charge >= 0.3 is 0 Å². The molecule has 1 rings (SSSR count). The molecule has 2 nitrogen and oxygen atoms in total. The molecule has 0 radical (unpaired) electrons. The zero-order chi connectivity index (χ0) is 8.97. The van der Waals surface area contributed by atoms with Crippen molar-refractivity contribution in [3.8, 4) is 0 Å². The predicted octanol–water partition coefficient (Wildman–Crippen LogP) is 2.80. The summed E-state index contributed by atoms with van der Waals surface area (Å²) in [6, 6.07) is 2.02. The van der Waals surface area contributed by atoms with Gasteiger partial charge in [0.05, 0.1) is 0 Å². The lowest BCUT2D eigenvalue weighted by atomic mass is 10.3. The van der Waals surface area contributed by atoms with Crippen LogP contribution in [0.3, 0.4) is 0 Å². The average Bonchev–Trinajstić information content (AvgIpc) is 2.03. The van der Waals surface area contributed by atoms with Gasteiger partial charge in [-0.15, -0.1) is 11.6 Å². The van der Waals surface area contributed by atoms with Gasteiger partial charge in [-0.25, -0.2) is 4.98 Å². The molecule has 4 heteroatoms. The minimum atomic E-state index is 0.594. The molecule has 0 spiro atoms. The third kappa shape index (κ3) is 2.64. The molecular weight excluding hydrogens is 239 g/mol. The van der Waals surface area contributed by atoms with Crippen molar-refractivity contribution >= 4 is 33.3 Å². The molecule has 0 fully saturated rings. The highest BCUT2D eigenvalue weighted by Crippen LogP contribution is 2.16. The fourth-order valence-electron chi connectivity index (χ4n) is 0.891. The lowest BCUT2D eigenvalue weighted by Gasteiger charge is -2.06. The zero-order valence-electron chi connectivity index (χ0n) is 6.77. The Morgan fingerprint density at radius 3 is 3.00 bits per heavy atom. The van der Waals surface area contributed by atoms with E-state index in [0.29, 0.717) is 5.88 Å². The highest BCUT2D eigenvalue weighted by molar-refractivity contribution is 9.10. The van der Waals surface area contributed by atoms with E-state index >= 15 is 0 Å². The van der Waals surface area contributed by atoms with Crippen molar-refractivity contribution in [1.82, 2.24) is 4.98 Å². The molecule has 0 aromatic carbocycles. The van der Waals surface area contributed by atoms with Crippen LogP contribution in [-0.2, 0) is 0 Å². The van der Waals surface area contributed by atoms with Crippen LogP contribution in [0, 0.1) is 6.92 Å². The Labute approximate surface area is 85.5 Å². The first kappa shape index (κ1) is 9.81. The van der Waals surface area contributed by atoms with Gasteiger partial charge in [-0.2, -0.15) is 0 Å². The van der Waals surface area contributed by atoms with Crippen molar-refractivity contribution in [3.63, 3.8) is 0 Å². The number of aromatic nitrogens is 1. The number of halogens is 2. The molecule has 0 amide bonds. The minimum Gasteiger partial charge on any atom is -0.369 e. The van der Waals surface area contributed by atoms with E-state index in [1.54, 1.807) is 6.20 Å². The Bertz CT molecular complexity index is 265. The Balaban J connectivity index is 2.72. The fraction of sp³-hybridized carbons (Fsp3) is 0.375. The third-order valence-electron chi connectivity index (χ3n) is 1.43. The van der Waals surface area contributed by atoms with Crippen molar-refractivity contribution in [2.75, 3.05) is 17.7 Å². The summed E-state index contributed by atoms with van der Waals surface area (Å²) >= 11 is 8.88. The van der Waals surface area contributed by atoms with Crippen LogP contribution in [0.25, 0.3) is 0 Å². The van der Waals surface area contributed by atoms with Crippen LogP contribution >= 0.6 is 27.5 Å². The molecule has 1 aromatic heterocycles. The standard InChI is InChI=1S/C8H10BrClN2/c1-6-4-7(9)5-12-8(6)11-3-2-10/h4-5H,2-3H2,1H3,(H,11,12). The van der Waals surface area contributed by atoms with E-state index in [9.17, 15) is 0 Å². The number of hydrogen-bond donors (Lipinski definition) is 1. The summed E-state index contributed by atoms with van der Waals surface area (Å²) in [6.07, 6.45) is 1.77. The number of aryl methyl sites for hydroxylation is 1. The van der Waals surface area contributed by atoms with Gasteiger partial charge in [-0.3, -0.25) is 0 Å². The van der Waals surface area contributed by atoms with Gasteiger partial charge in [-0.1, -0.05) is 0 Å². The summed E-state index contributed by atoms with van der Waals surface area (Å²) < 4.78 is 0.997. The minimum absolute atomic E-state index is 0.594. The number of alkyl halides is 1. The molecule has 1 aromatic rings. The smallest absolute Gasteiger partial charge is 0.128 e. The Hall–Kier alpha value is -0.280. The first-order valence-electron chi connectivity index (χ1n) is 3.66. The van der Waals surface area contributed by atoms with Crippen LogP contribution in [0.5, 0.6) is 0 Å². The molecular formula is C8H10BrClN2. The molecule has 1 N–H and O–H groups in total. The molecule has 66 valence electrons. The Morgan fingerprint density at radius 1 is 1.67 bits per heavy atom. The predicted molar refractivity (Wildman–Crippen MR) is 55.9 cm³/mol. The van der Waals surface area contributed by atoms with Crippen molar-refractivity contribution in [2.45, 2.75) is 6.92 Å². The van der Waals surface area contributed by atoms with Crippen molar-refractivity contribution in [1.29, 1.82) is 0 Å². The van der Waals surface area contributed by atoms with Crippen LogP contribution in [0.15, 0.2) is 16.7 Å². The first-order valence-corrected chi connectivity index (χ1v) is 4.99. The average molecular weight is 250 g/mol. The topological polar surface area (TPSA) is 24.9 Å². The van der Waals surface area contributed by atoms with Crippen LogP contribution in [0.2, 0.25) is 0 Å². The third-order valence-corrected chi connectivity index (χ3v) is 2.05. The number of hydrogen-bond acceptors (Lipinski definition) is 2. The summed E-state index contributed by atoms with van der Waals surface area (Å²) in [4.78, 5) is 4.20. The number of pyridine rings is 1. The zero-order valence-corrected chi connectivity index (χ0v) is 9.11. The number of anilines is 1. The number of nitrogens with one attached hydrogen (secondary N) is 1. The van der Waals surface area contributed by atoms with Gasteiger partial charge in [0.2, 0.25) is 0 Å². The van der Waals surface area contributed by atoms with Crippen LogP contribution in [-0.4, -0.2) is 17.4 Å². The van der Waals surface area contributed by atoms with E-state index in [4.69, 9.17) is 11.6 Å². The quantitative estimate of drug-likeness (QED) is 0.833. The molecule has 0 aliphatic rings. The van der Waals surface area contributed by atoms with Gasteiger partial charge in [0, 0.05) is 23.1 Å². The molecule has 0 unspecified atom stereocenters. The second kappa shape index (κ2) is 4.67. The summed E-state index contributed by atoms with van der Waals surface area (Å²) in [5.74, 6) is 1.50. The van der Waals surface area contributed by atoms with Crippen molar-refractivity contribution in [3.05, 3.63) is 22.3 Å². The Morgan fingerprint density at radius 2 is 2.42 bits per heavy atom. The molecule has 0 saturated heterocycles. The first-order chi connectivity index (χ1) is 5.74. The molecule has 0 saturated carbocycles. The number of rotatable bonds is 3. The van der Waals surface area contributed by atoms with Gasteiger partial charge in [-0.05, 0) is 34.5 Å². The maximum Gasteiger partial charge on any atom is 0.128 e. The lowest BCUT2D eigenvalue weighted by Crippen LogP contribution is -2.05. The Kier molecular flexibility index (Phi) is 3.82. The molecule has 0 atom stereocenters. The van der Waals surface area contributed by atoms with Gasteiger partial charge in [0.15, 0.2) is 0 Å². The van der Waals surface area contributed by atoms with E-state index in [2.05, 4.69) is 26.2 Å². The summed E-state index contributed by atoms with van der Waals surface area (Å²) in [6.45, 7) is 2.76. The van der Waals surface area contributed by atoms with Crippen molar-refractivity contribution < 1.29 is 0 Å². The van der Waals surface area contributed by atoms with Gasteiger partial charge in [0.1, 0.15) is 5.82 Å². The largest absolute Gasteiger partial charge is 0.369 e. The van der Waals surface area contributed by atoms with Gasteiger partial charge in [0.25, 0.3) is 0 Å². The summed E-state index contributed by atoms with van der Waals surface area (Å²) in [5.41, 5.74) is 1.12. The highest BCUT2D eigenvalue weighted by Gasteiger charge is 1.98. The normalized spacial score (nSPS) is 9.92. The van der Waals surface area contributed by atoms with E-state index in [1.807, 2.05) is 13.0 Å². The van der Waals surface area contributed by atoms with Crippen LogP contribution < -0.4 is 5.32 Å². The van der Waals surface area contributed by atoms with E-state index in [-0.39, 0.29) is 0 Å². The second-order valence-electron chi connectivity index (χ2n) is 2.43. The highest BCUT2D eigenvalue weighted by atomic mass is 79.9. The van der Waals surface area contributed by atoms with Crippen molar-refractivity contribution in [2.24, 2.45) is 0 Å².